The van der Waals surface area contributed by atoms with Gasteiger partial charge < -0.3 is 14.9 Å². The van der Waals surface area contributed by atoms with Crippen molar-refractivity contribution in [1.29, 1.82) is 0 Å². The molecule has 20 heavy (non-hydrogen) atoms. The maximum atomic E-state index is 12.2. The van der Waals surface area contributed by atoms with Crippen LogP contribution < -0.4 is 5.32 Å². The molecule has 1 aromatic rings. The number of hydrogen-bond donors (Lipinski definition) is 1. The van der Waals surface area contributed by atoms with Crippen LogP contribution in [0.25, 0.3) is 0 Å². The normalized spacial score (nSPS) is 23.1. The lowest BCUT2D eigenvalue weighted by molar-refractivity contribution is -0.137. The summed E-state index contributed by atoms with van der Waals surface area (Å²) < 4.78 is 5.73. The molecule has 1 spiro atoms. The van der Waals surface area contributed by atoms with E-state index in [9.17, 15) is 9.59 Å². The Hall–Kier alpha value is -1.89. The van der Waals surface area contributed by atoms with Gasteiger partial charge in [-0.15, -0.1) is 0 Å². The number of nitrogens with one attached hydrogen (secondary N) is 1. The van der Waals surface area contributed by atoms with E-state index in [4.69, 9.17) is 9.57 Å². The molecular weight excluding hydrogens is 328 g/mol. The molecule has 1 amide bonds. The number of fused-ring (bicyclic) bond motifs is 2. The lowest BCUT2D eigenvalue weighted by atomic mass is 9.90. The first kappa shape index (κ1) is 13.1. The molecule has 1 unspecified atom stereocenters. The second kappa shape index (κ2) is 4.59. The van der Waals surface area contributed by atoms with Gasteiger partial charge in [-0.2, -0.15) is 0 Å². The van der Waals surface area contributed by atoms with Gasteiger partial charge in [0.25, 0.3) is 5.91 Å². The third-order valence-electron chi connectivity index (χ3n) is 3.27. The number of ether oxygens (including phenoxy) is 1. The number of nitrogens with zero attached hydrogens (tertiary/aromatic N) is 1. The van der Waals surface area contributed by atoms with Crippen LogP contribution in [0.4, 0.5) is 5.69 Å². The summed E-state index contributed by atoms with van der Waals surface area (Å²) in [6.07, 6.45) is 0.0757. The summed E-state index contributed by atoms with van der Waals surface area (Å²) in [5.74, 6) is -0.878. The van der Waals surface area contributed by atoms with Crippen molar-refractivity contribution in [3.05, 3.63) is 28.2 Å². The van der Waals surface area contributed by atoms with Crippen molar-refractivity contribution < 1.29 is 19.2 Å². The molecule has 1 aromatic carbocycles. The van der Waals surface area contributed by atoms with Crippen LogP contribution in [0.5, 0.6) is 0 Å². The van der Waals surface area contributed by atoms with E-state index in [2.05, 4.69) is 26.4 Å². The molecule has 7 heteroatoms. The van der Waals surface area contributed by atoms with Crippen LogP contribution in [0.15, 0.2) is 27.8 Å². The van der Waals surface area contributed by atoms with Crippen molar-refractivity contribution in [3.8, 4) is 0 Å². The SMILES string of the molecule is CCOC(=O)C1=NOC2(C1)C(=O)Nc1cc(Br)ccc12. The topological polar surface area (TPSA) is 77.0 Å². The first-order chi connectivity index (χ1) is 9.56. The zero-order valence-electron chi connectivity index (χ0n) is 10.6. The Balaban J connectivity index is 1.93. The van der Waals surface area contributed by atoms with Crippen LogP contribution in [0.3, 0.4) is 0 Å². The predicted molar refractivity (Wildman–Crippen MR) is 74.2 cm³/mol. The van der Waals surface area contributed by atoms with Crippen molar-refractivity contribution in [2.24, 2.45) is 5.16 Å². The van der Waals surface area contributed by atoms with Gasteiger partial charge in [0.05, 0.1) is 13.0 Å². The Kier molecular flexibility index (Phi) is 3.01. The minimum absolute atomic E-state index is 0.0757. The van der Waals surface area contributed by atoms with Crippen molar-refractivity contribution in [1.82, 2.24) is 0 Å². The van der Waals surface area contributed by atoms with E-state index in [0.29, 0.717) is 11.3 Å². The number of carbonyl (C=O) groups is 2. The Morgan fingerprint density at radius 1 is 1.60 bits per heavy atom. The molecule has 0 aromatic heterocycles. The number of anilines is 1. The molecule has 0 bridgehead atoms. The number of halogens is 1. The fraction of sp³-hybridized carbons (Fsp3) is 0.308. The molecule has 104 valence electrons. The summed E-state index contributed by atoms with van der Waals surface area (Å²) in [5, 5.41) is 6.47. The molecule has 0 saturated carbocycles. The van der Waals surface area contributed by atoms with Crippen LogP contribution in [0.2, 0.25) is 0 Å². The van der Waals surface area contributed by atoms with E-state index in [1.165, 1.54) is 0 Å². The zero-order valence-corrected chi connectivity index (χ0v) is 12.2. The Morgan fingerprint density at radius 3 is 3.15 bits per heavy atom. The molecule has 0 fully saturated rings. The number of amides is 1. The number of carbonyl (C=O) groups excluding carboxylic acids is 2. The highest BCUT2D eigenvalue weighted by molar-refractivity contribution is 9.10. The molecule has 1 atom stereocenters. The monoisotopic (exact) mass is 338 g/mol. The smallest absolute Gasteiger partial charge is 0.356 e. The Bertz CT molecular complexity index is 643. The quantitative estimate of drug-likeness (QED) is 0.836. The Morgan fingerprint density at radius 2 is 2.40 bits per heavy atom. The minimum atomic E-state index is -1.25. The first-order valence-electron chi connectivity index (χ1n) is 6.10. The van der Waals surface area contributed by atoms with E-state index in [0.717, 1.165) is 4.47 Å². The summed E-state index contributed by atoms with van der Waals surface area (Å²) in [4.78, 5) is 29.2. The summed E-state index contributed by atoms with van der Waals surface area (Å²) in [6, 6.07) is 5.38. The van der Waals surface area contributed by atoms with Gasteiger partial charge in [-0.25, -0.2) is 4.79 Å². The van der Waals surface area contributed by atoms with E-state index < -0.39 is 11.6 Å². The van der Waals surface area contributed by atoms with Crippen LogP contribution in [0.1, 0.15) is 18.9 Å². The van der Waals surface area contributed by atoms with Crippen molar-refractivity contribution in [3.63, 3.8) is 0 Å². The molecule has 2 heterocycles. The summed E-state index contributed by atoms with van der Waals surface area (Å²) >= 11 is 3.34. The van der Waals surface area contributed by atoms with Gasteiger partial charge in [-0.05, 0) is 19.1 Å². The zero-order chi connectivity index (χ0) is 14.3. The highest BCUT2D eigenvalue weighted by Crippen LogP contribution is 2.45. The largest absolute Gasteiger partial charge is 0.461 e. The summed E-state index contributed by atoms with van der Waals surface area (Å²) in [6.45, 7) is 1.96. The van der Waals surface area contributed by atoms with Crippen molar-refractivity contribution >= 4 is 39.2 Å². The number of oxime groups is 1. The minimum Gasteiger partial charge on any atom is -0.461 e. The average molecular weight is 339 g/mol. The summed E-state index contributed by atoms with van der Waals surface area (Å²) in [5.41, 5.74) is 0.203. The fourth-order valence-corrected chi connectivity index (χ4v) is 2.70. The van der Waals surface area contributed by atoms with E-state index in [1.807, 2.05) is 6.07 Å². The molecule has 3 rings (SSSR count). The second-order valence-electron chi connectivity index (χ2n) is 4.50. The standard InChI is InChI=1S/C13H11BrN2O4/c1-2-19-11(17)10-6-13(20-16-10)8-4-3-7(14)5-9(8)15-12(13)18/h3-5H,2,6H2,1H3,(H,15,18). The molecule has 0 radical (unpaired) electrons. The van der Waals surface area contributed by atoms with Gasteiger partial charge in [-0.1, -0.05) is 27.2 Å². The van der Waals surface area contributed by atoms with E-state index in [1.54, 1.807) is 19.1 Å². The van der Waals surface area contributed by atoms with Crippen molar-refractivity contribution in [2.45, 2.75) is 18.9 Å². The molecule has 2 aliphatic rings. The molecule has 6 nitrogen and oxygen atoms in total. The third kappa shape index (κ3) is 1.81. The molecule has 1 N–H and O–H groups in total. The maximum absolute atomic E-state index is 12.2. The van der Waals surface area contributed by atoms with Crippen LogP contribution in [-0.4, -0.2) is 24.2 Å². The van der Waals surface area contributed by atoms with Gasteiger partial charge >= 0.3 is 5.97 Å². The van der Waals surface area contributed by atoms with Gasteiger partial charge in [0.15, 0.2) is 5.71 Å². The predicted octanol–water partition coefficient (Wildman–Crippen LogP) is 1.94. The van der Waals surface area contributed by atoms with E-state index in [-0.39, 0.29) is 24.6 Å². The van der Waals surface area contributed by atoms with Gasteiger partial charge in [0, 0.05) is 15.7 Å². The fourth-order valence-electron chi connectivity index (χ4n) is 2.34. The maximum Gasteiger partial charge on any atom is 0.356 e. The molecule has 2 aliphatic heterocycles. The highest BCUT2D eigenvalue weighted by atomic mass is 79.9. The van der Waals surface area contributed by atoms with Crippen LogP contribution in [-0.2, 0) is 24.8 Å². The number of esters is 1. The van der Waals surface area contributed by atoms with Crippen LogP contribution >= 0.6 is 15.9 Å². The number of rotatable bonds is 2. The second-order valence-corrected chi connectivity index (χ2v) is 5.41. The van der Waals surface area contributed by atoms with Crippen LogP contribution in [0, 0.1) is 0 Å². The third-order valence-corrected chi connectivity index (χ3v) is 3.76. The van der Waals surface area contributed by atoms with Crippen molar-refractivity contribution in [2.75, 3.05) is 11.9 Å². The number of benzene rings is 1. The molecule has 0 saturated heterocycles. The van der Waals surface area contributed by atoms with Gasteiger partial charge in [0.2, 0.25) is 5.60 Å². The molecular formula is C13H11BrN2O4. The average Bonchev–Trinajstić information content (AvgIpc) is 2.95. The molecule has 0 aliphatic carbocycles. The lowest BCUT2D eigenvalue weighted by Crippen LogP contribution is -2.35. The first-order valence-corrected chi connectivity index (χ1v) is 6.90. The lowest BCUT2D eigenvalue weighted by Gasteiger charge is -2.18. The Labute approximate surface area is 123 Å². The van der Waals surface area contributed by atoms with E-state index >= 15 is 0 Å². The van der Waals surface area contributed by atoms with Gasteiger partial charge in [0.1, 0.15) is 0 Å². The number of hydrogen-bond acceptors (Lipinski definition) is 5. The van der Waals surface area contributed by atoms with Gasteiger partial charge in [-0.3, -0.25) is 4.79 Å². The summed E-state index contributed by atoms with van der Waals surface area (Å²) in [7, 11) is 0. The highest BCUT2D eigenvalue weighted by Gasteiger charge is 2.55.